The first-order chi connectivity index (χ1) is 7.15. The van der Waals surface area contributed by atoms with Gasteiger partial charge in [0.2, 0.25) is 0 Å². The van der Waals surface area contributed by atoms with Crippen LogP contribution in [0.5, 0.6) is 0 Å². The Morgan fingerprint density at radius 2 is 2.20 bits per heavy atom. The molecule has 0 unspecified atom stereocenters. The van der Waals surface area contributed by atoms with Gasteiger partial charge in [0.15, 0.2) is 0 Å². The van der Waals surface area contributed by atoms with E-state index in [2.05, 4.69) is 68.7 Å². The van der Waals surface area contributed by atoms with Gasteiger partial charge in [-0.1, -0.05) is 28.1 Å². The highest BCUT2D eigenvalue weighted by Crippen LogP contribution is 2.14. The zero-order valence-electron chi connectivity index (χ0n) is 8.24. The lowest BCUT2D eigenvalue weighted by molar-refractivity contribution is 0.660. The maximum Gasteiger partial charge on any atom is 0.123 e. The van der Waals surface area contributed by atoms with Crippen molar-refractivity contribution in [3.63, 3.8) is 0 Å². The van der Waals surface area contributed by atoms with E-state index in [0.717, 1.165) is 14.7 Å². The monoisotopic (exact) mass is 376 g/mol. The standard InChI is InChI=1S/C11H10BrIN2/c1-8-5-11(13)14-15(8)7-9-3-2-4-10(12)6-9/h2-6H,7H2,1H3. The molecule has 2 aromatic rings. The zero-order chi connectivity index (χ0) is 10.8. The molecule has 0 saturated carbocycles. The number of nitrogens with zero attached hydrogens (tertiary/aromatic N) is 2. The van der Waals surface area contributed by atoms with E-state index in [-0.39, 0.29) is 0 Å². The largest absolute Gasteiger partial charge is 0.264 e. The summed E-state index contributed by atoms with van der Waals surface area (Å²) < 4.78 is 4.17. The highest BCUT2D eigenvalue weighted by atomic mass is 127. The Hall–Kier alpha value is -0.360. The molecule has 0 spiro atoms. The number of benzene rings is 1. The molecule has 15 heavy (non-hydrogen) atoms. The normalized spacial score (nSPS) is 10.6. The molecule has 0 atom stereocenters. The van der Waals surface area contributed by atoms with Gasteiger partial charge in [-0.25, -0.2) is 0 Å². The molecule has 2 nitrogen and oxygen atoms in total. The molecule has 0 aliphatic heterocycles. The summed E-state index contributed by atoms with van der Waals surface area (Å²) in [5.74, 6) is 0. The molecule has 78 valence electrons. The fraction of sp³-hybridized carbons (Fsp3) is 0.182. The topological polar surface area (TPSA) is 17.8 Å². The Balaban J connectivity index is 2.25. The molecular formula is C11H10BrIN2. The third-order valence-corrected chi connectivity index (χ3v) is 3.19. The molecular weight excluding hydrogens is 367 g/mol. The molecule has 0 amide bonds. The second-order valence-corrected chi connectivity index (χ2v) is 5.42. The summed E-state index contributed by atoms with van der Waals surface area (Å²) in [5, 5.41) is 4.42. The highest BCUT2D eigenvalue weighted by molar-refractivity contribution is 14.1. The van der Waals surface area contributed by atoms with Crippen molar-refractivity contribution in [3.05, 3.63) is 49.8 Å². The predicted octanol–water partition coefficient (Wildman–Crippen LogP) is 3.61. The smallest absolute Gasteiger partial charge is 0.123 e. The fourth-order valence-corrected chi connectivity index (χ4v) is 2.60. The molecule has 0 saturated heterocycles. The Morgan fingerprint density at radius 1 is 1.40 bits per heavy atom. The van der Waals surface area contributed by atoms with Gasteiger partial charge < -0.3 is 0 Å². The molecule has 0 fully saturated rings. The predicted molar refractivity (Wildman–Crippen MR) is 72.9 cm³/mol. The highest BCUT2D eigenvalue weighted by Gasteiger charge is 2.02. The van der Waals surface area contributed by atoms with Gasteiger partial charge in [0.05, 0.1) is 6.54 Å². The van der Waals surface area contributed by atoms with Crippen LogP contribution in [0.25, 0.3) is 0 Å². The Labute approximate surface area is 111 Å². The van der Waals surface area contributed by atoms with Crippen molar-refractivity contribution in [2.24, 2.45) is 0 Å². The molecule has 2 rings (SSSR count). The zero-order valence-corrected chi connectivity index (χ0v) is 12.0. The number of aromatic nitrogens is 2. The maximum absolute atomic E-state index is 4.42. The van der Waals surface area contributed by atoms with Gasteiger partial charge in [-0.3, -0.25) is 4.68 Å². The van der Waals surface area contributed by atoms with Crippen LogP contribution in [0.1, 0.15) is 11.3 Å². The van der Waals surface area contributed by atoms with Gasteiger partial charge >= 0.3 is 0 Å². The lowest BCUT2D eigenvalue weighted by atomic mass is 10.2. The van der Waals surface area contributed by atoms with E-state index in [1.165, 1.54) is 11.3 Å². The van der Waals surface area contributed by atoms with Crippen molar-refractivity contribution in [2.75, 3.05) is 0 Å². The van der Waals surface area contributed by atoms with Crippen LogP contribution >= 0.6 is 38.5 Å². The van der Waals surface area contributed by atoms with E-state index < -0.39 is 0 Å². The second kappa shape index (κ2) is 4.65. The first-order valence-electron chi connectivity index (χ1n) is 4.59. The summed E-state index contributed by atoms with van der Waals surface area (Å²) >= 11 is 5.70. The van der Waals surface area contributed by atoms with Crippen LogP contribution in [0.15, 0.2) is 34.8 Å². The summed E-state index contributed by atoms with van der Waals surface area (Å²) in [7, 11) is 0. The molecule has 1 heterocycles. The summed E-state index contributed by atoms with van der Waals surface area (Å²) in [5.41, 5.74) is 2.45. The van der Waals surface area contributed by atoms with E-state index in [0.29, 0.717) is 0 Å². The SMILES string of the molecule is Cc1cc(I)nn1Cc1cccc(Br)c1. The Morgan fingerprint density at radius 3 is 2.80 bits per heavy atom. The summed E-state index contributed by atoms with van der Waals surface area (Å²) in [6.07, 6.45) is 0. The number of hydrogen-bond donors (Lipinski definition) is 0. The average Bonchev–Trinajstić information content (AvgIpc) is 2.45. The third-order valence-electron chi connectivity index (χ3n) is 2.17. The molecule has 0 bridgehead atoms. The van der Waals surface area contributed by atoms with Crippen molar-refractivity contribution < 1.29 is 0 Å². The molecule has 1 aromatic carbocycles. The molecule has 4 heteroatoms. The quantitative estimate of drug-likeness (QED) is 0.732. The molecule has 1 aromatic heterocycles. The second-order valence-electron chi connectivity index (χ2n) is 3.40. The van der Waals surface area contributed by atoms with E-state index in [1.807, 2.05) is 16.8 Å². The third kappa shape index (κ3) is 2.81. The summed E-state index contributed by atoms with van der Waals surface area (Å²) in [6.45, 7) is 2.90. The molecule has 0 aliphatic rings. The van der Waals surface area contributed by atoms with Gasteiger partial charge in [-0.15, -0.1) is 0 Å². The van der Waals surface area contributed by atoms with Crippen molar-refractivity contribution in [1.82, 2.24) is 9.78 Å². The first-order valence-corrected chi connectivity index (χ1v) is 6.47. The van der Waals surface area contributed by atoms with Crippen LogP contribution in [0.4, 0.5) is 0 Å². The van der Waals surface area contributed by atoms with Crippen LogP contribution < -0.4 is 0 Å². The van der Waals surface area contributed by atoms with E-state index in [9.17, 15) is 0 Å². The van der Waals surface area contributed by atoms with Crippen molar-refractivity contribution in [1.29, 1.82) is 0 Å². The minimum absolute atomic E-state index is 0.828. The van der Waals surface area contributed by atoms with Gasteiger partial charge in [-0.2, -0.15) is 5.10 Å². The Kier molecular flexibility index (Phi) is 3.45. The van der Waals surface area contributed by atoms with E-state index in [1.54, 1.807) is 0 Å². The van der Waals surface area contributed by atoms with E-state index >= 15 is 0 Å². The fourth-order valence-electron chi connectivity index (χ4n) is 1.44. The lowest BCUT2D eigenvalue weighted by Gasteiger charge is -2.04. The number of halogens is 2. The van der Waals surface area contributed by atoms with Gasteiger partial charge in [0.1, 0.15) is 3.70 Å². The number of hydrogen-bond acceptors (Lipinski definition) is 1. The number of aryl methyl sites for hydroxylation is 1. The average molecular weight is 377 g/mol. The van der Waals surface area contributed by atoms with Crippen LogP contribution in [0, 0.1) is 10.6 Å². The van der Waals surface area contributed by atoms with Crippen molar-refractivity contribution in [3.8, 4) is 0 Å². The minimum Gasteiger partial charge on any atom is -0.264 e. The molecule has 0 N–H and O–H groups in total. The maximum atomic E-state index is 4.42. The minimum atomic E-state index is 0.828. The summed E-state index contributed by atoms with van der Waals surface area (Å²) in [4.78, 5) is 0. The van der Waals surface area contributed by atoms with Gasteiger partial charge in [-0.05, 0) is 53.3 Å². The van der Waals surface area contributed by atoms with Gasteiger partial charge in [0, 0.05) is 10.2 Å². The van der Waals surface area contributed by atoms with Crippen LogP contribution in [0.2, 0.25) is 0 Å². The van der Waals surface area contributed by atoms with Crippen molar-refractivity contribution in [2.45, 2.75) is 13.5 Å². The van der Waals surface area contributed by atoms with Crippen LogP contribution in [-0.2, 0) is 6.54 Å². The Bertz CT molecular complexity index is 479. The lowest BCUT2D eigenvalue weighted by Crippen LogP contribution is -2.03. The summed E-state index contributed by atoms with van der Waals surface area (Å²) in [6, 6.07) is 10.4. The molecule has 0 radical (unpaired) electrons. The number of rotatable bonds is 2. The van der Waals surface area contributed by atoms with E-state index in [4.69, 9.17) is 0 Å². The molecule has 0 aliphatic carbocycles. The first kappa shape index (κ1) is 11.1. The van der Waals surface area contributed by atoms with Crippen LogP contribution in [-0.4, -0.2) is 9.78 Å². The van der Waals surface area contributed by atoms with Gasteiger partial charge in [0.25, 0.3) is 0 Å². The van der Waals surface area contributed by atoms with Crippen molar-refractivity contribution >= 4 is 38.5 Å². The van der Waals surface area contributed by atoms with Crippen LogP contribution in [0.3, 0.4) is 0 Å².